The van der Waals surface area contributed by atoms with E-state index in [0.29, 0.717) is 11.0 Å². The van der Waals surface area contributed by atoms with Crippen molar-refractivity contribution in [2.24, 2.45) is 5.92 Å². The fourth-order valence-electron chi connectivity index (χ4n) is 3.43. The molecular formula is C20H22N6O3. The molecule has 3 heterocycles. The van der Waals surface area contributed by atoms with Gasteiger partial charge in [0.15, 0.2) is 5.65 Å². The zero-order chi connectivity index (χ0) is 20.8. The first-order valence-corrected chi connectivity index (χ1v) is 9.38. The molecule has 0 radical (unpaired) electrons. The number of anilines is 1. The van der Waals surface area contributed by atoms with Crippen molar-refractivity contribution in [1.29, 1.82) is 0 Å². The summed E-state index contributed by atoms with van der Waals surface area (Å²) in [6.07, 6.45) is 2.82. The highest BCUT2D eigenvalue weighted by Crippen LogP contribution is 2.25. The summed E-state index contributed by atoms with van der Waals surface area (Å²) in [5.74, 6) is -1.07. The summed E-state index contributed by atoms with van der Waals surface area (Å²) in [5, 5.41) is 4.57. The number of benzene rings is 1. The first-order chi connectivity index (χ1) is 13.8. The summed E-state index contributed by atoms with van der Waals surface area (Å²) in [5.41, 5.74) is 3.04. The smallest absolute Gasteiger partial charge is 0.283 e. The normalized spacial score (nSPS) is 17.1. The van der Waals surface area contributed by atoms with Crippen LogP contribution in [-0.4, -0.2) is 37.8 Å². The molecule has 1 aliphatic heterocycles. The quantitative estimate of drug-likeness (QED) is 0.725. The minimum atomic E-state index is -0.553. The maximum absolute atomic E-state index is 12.7. The number of hydrogen-bond acceptors (Lipinski definition) is 5. The summed E-state index contributed by atoms with van der Waals surface area (Å²) >= 11 is 0. The van der Waals surface area contributed by atoms with Crippen molar-refractivity contribution in [1.82, 2.24) is 19.4 Å². The van der Waals surface area contributed by atoms with Gasteiger partial charge in [-0.05, 0) is 32.9 Å². The van der Waals surface area contributed by atoms with Crippen molar-refractivity contribution in [3.8, 4) is 0 Å². The summed E-state index contributed by atoms with van der Waals surface area (Å²) in [6, 6.07) is 9.20. The molecule has 1 N–H and O–H groups in total. The molecule has 0 unspecified atom stereocenters. The van der Waals surface area contributed by atoms with Crippen LogP contribution >= 0.6 is 0 Å². The molecule has 0 aliphatic carbocycles. The molecule has 150 valence electrons. The maximum atomic E-state index is 12.7. The van der Waals surface area contributed by atoms with Crippen LogP contribution in [0.2, 0.25) is 0 Å². The second-order valence-electron chi connectivity index (χ2n) is 8.10. The number of carbonyl (C=O) groups excluding carboxylic acids is 2. The van der Waals surface area contributed by atoms with Crippen molar-refractivity contribution in [3.63, 3.8) is 0 Å². The van der Waals surface area contributed by atoms with Gasteiger partial charge in [0.05, 0.1) is 17.7 Å². The fraction of sp³-hybridized carbons (Fsp3) is 0.350. The second-order valence-corrected chi connectivity index (χ2v) is 8.10. The van der Waals surface area contributed by atoms with E-state index in [2.05, 4.69) is 15.5 Å². The molecule has 0 bridgehead atoms. The molecule has 3 aromatic rings. The fourth-order valence-corrected chi connectivity index (χ4v) is 3.43. The van der Waals surface area contributed by atoms with Crippen LogP contribution in [0.3, 0.4) is 0 Å². The Kier molecular flexibility index (Phi) is 4.45. The molecular weight excluding hydrogens is 372 g/mol. The van der Waals surface area contributed by atoms with Crippen molar-refractivity contribution in [3.05, 3.63) is 53.2 Å². The number of nitrogens with zero attached hydrogens (tertiary/aromatic N) is 5. The Balaban J connectivity index is 1.55. The Morgan fingerprint density at radius 3 is 2.59 bits per heavy atom. The zero-order valence-electron chi connectivity index (χ0n) is 16.5. The number of aromatic nitrogens is 4. The van der Waals surface area contributed by atoms with Crippen LogP contribution in [0, 0.1) is 5.92 Å². The van der Waals surface area contributed by atoms with Crippen molar-refractivity contribution in [2.45, 2.75) is 32.7 Å². The lowest BCUT2D eigenvalue weighted by atomic mass is 10.1. The largest absolute Gasteiger partial charge is 0.312 e. The van der Waals surface area contributed by atoms with Gasteiger partial charge in [-0.1, -0.05) is 18.2 Å². The number of carbonyl (C=O) groups is 2. The van der Waals surface area contributed by atoms with Crippen LogP contribution in [0.4, 0.5) is 5.69 Å². The Hall–Kier alpha value is -3.49. The van der Waals surface area contributed by atoms with E-state index < -0.39 is 17.4 Å². The average molecular weight is 394 g/mol. The maximum Gasteiger partial charge on any atom is 0.283 e. The van der Waals surface area contributed by atoms with Gasteiger partial charge in [0, 0.05) is 18.7 Å². The predicted octanol–water partition coefficient (Wildman–Crippen LogP) is 1.47. The van der Waals surface area contributed by atoms with Crippen LogP contribution in [0.1, 0.15) is 27.2 Å². The molecule has 2 amide bonds. The third kappa shape index (κ3) is 3.39. The topological polar surface area (TPSA) is 102 Å². The standard InChI is InChI=1S/C20H22N6O3/c1-20(2,3)26-17-15(10-22-26)19(29)25(12-21-17)23-18(28)13-9-16(27)24(11-13)14-7-5-4-6-8-14/h4-8,10,12-13H,9,11H2,1-3H3,(H,23,28)/t13-/m0/s1. The van der Waals surface area contributed by atoms with E-state index in [0.717, 1.165) is 10.4 Å². The minimum absolute atomic E-state index is 0.0904. The monoisotopic (exact) mass is 394 g/mol. The molecule has 0 saturated carbocycles. The third-order valence-electron chi connectivity index (χ3n) is 4.92. The van der Waals surface area contributed by atoms with Crippen LogP contribution in [0.25, 0.3) is 11.0 Å². The molecule has 29 heavy (non-hydrogen) atoms. The molecule has 1 atom stereocenters. The van der Waals surface area contributed by atoms with Gasteiger partial charge in [0.1, 0.15) is 11.7 Å². The van der Waals surface area contributed by atoms with E-state index in [1.165, 1.54) is 12.5 Å². The van der Waals surface area contributed by atoms with Gasteiger partial charge in [-0.25, -0.2) is 14.3 Å². The van der Waals surface area contributed by atoms with Crippen molar-refractivity contribution < 1.29 is 9.59 Å². The lowest BCUT2D eigenvalue weighted by Crippen LogP contribution is -2.37. The van der Waals surface area contributed by atoms with Crippen LogP contribution in [-0.2, 0) is 15.1 Å². The van der Waals surface area contributed by atoms with E-state index in [-0.39, 0.29) is 24.4 Å². The lowest BCUT2D eigenvalue weighted by molar-refractivity contribution is -0.123. The zero-order valence-corrected chi connectivity index (χ0v) is 16.5. The summed E-state index contributed by atoms with van der Waals surface area (Å²) in [7, 11) is 0. The van der Waals surface area contributed by atoms with Gasteiger partial charge in [-0.3, -0.25) is 19.8 Å². The van der Waals surface area contributed by atoms with Gasteiger partial charge >= 0.3 is 0 Å². The third-order valence-corrected chi connectivity index (χ3v) is 4.92. The Morgan fingerprint density at radius 2 is 1.90 bits per heavy atom. The molecule has 9 heteroatoms. The summed E-state index contributed by atoms with van der Waals surface area (Å²) in [6.45, 7) is 6.15. The van der Waals surface area contributed by atoms with Gasteiger partial charge in [0.25, 0.3) is 5.56 Å². The van der Waals surface area contributed by atoms with E-state index in [1.54, 1.807) is 9.58 Å². The lowest BCUT2D eigenvalue weighted by Gasteiger charge is -2.19. The highest BCUT2D eigenvalue weighted by Gasteiger charge is 2.35. The average Bonchev–Trinajstić information content (AvgIpc) is 3.29. The molecule has 1 fully saturated rings. The summed E-state index contributed by atoms with van der Waals surface area (Å²) in [4.78, 5) is 43.7. The number of fused-ring (bicyclic) bond motifs is 1. The molecule has 2 aromatic heterocycles. The number of para-hydroxylation sites is 1. The molecule has 0 spiro atoms. The van der Waals surface area contributed by atoms with Gasteiger partial charge in [-0.2, -0.15) is 5.10 Å². The van der Waals surface area contributed by atoms with Crippen LogP contribution in [0.15, 0.2) is 47.7 Å². The highest BCUT2D eigenvalue weighted by molar-refractivity contribution is 6.01. The number of nitrogens with one attached hydrogen (secondary N) is 1. The Morgan fingerprint density at radius 1 is 1.17 bits per heavy atom. The van der Waals surface area contributed by atoms with Gasteiger partial charge in [-0.15, -0.1) is 0 Å². The minimum Gasteiger partial charge on any atom is -0.312 e. The predicted molar refractivity (Wildman–Crippen MR) is 108 cm³/mol. The van der Waals surface area contributed by atoms with Crippen LogP contribution in [0.5, 0.6) is 0 Å². The SMILES string of the molecule is CC(C)(C)n1ncc2c(=O)n(NC(=O)[C@H]3CC(=O)N(c4ccccc4)C3)cnc21. The van der Waals surface area contributed by atoms with Gasteiger partial charge in [0.2, 0.25) is 11.8 Å². The molecule has 4 rings (SSSR count). The second kappa shape index (κ2) is 6.84. The van der Waals surface area contributed by atoms with E-state index >= 15 is 0 Å². The number of amides is 2. The summed E-state index contributed by atoms with van der Waals surface area (Å²) < 4.78 is 2.72. The Labute approximate surface area is 166 Å². The molecule has 1 aliphatic rings. The number of rotatable bonds is 3. The first-order valence-electron chi connectivity index (χ1n) is 9.38. The number of hydrogen-bond donors (Lipinski definition) is 1. The van der Waals surface area contributed by atoms with E-state index in [1.807, 2.05) is 51.1 Å². The molecule has 9 nitrogen and oxygen atoms in total. The molecule has 1 aromatic carbocycles. The van der Waals surface area contributed by atoms with E-state index in [9.17, 15) is 14.4 Å². The highest BCUT2D eigenvalue weighted by atomic mass is 16.2. The Bertz CT molecular complexity index is 1140. The van der Waals surface area contributed by atoms with Crippen molar-refractivity contribution in [2.75, 3.05) is 16.9 Å². The molecule has 1 saturated heterocycles. The van der Waals surface area contributed by atoms with Gasteiger partial charge < -0.3 is 4.90 Å². The van der Waals surface area contributed by atoms with Crippen molar-refractivity contribution >= 4 is 28.5 Å². The van der Waals surface area contributed by atoms with E-state index in [4.69, 9.17) is 0 Å². The first kappa shape index (κ1) is 18.9. The van der Waals surface area contributed by atoms with Crippen LogP contribution < -0.4 is 15.9 Å².